The van der Waals surface area contributed by atoms with Crippen LogP contribution in [0.5, 0.6) is 0 Å². The molecule has 1 unspecified atom stereocenters. The topological polar surface area (TPSA) is 63.6 Å². The van der Waals surface area contributed by atoms with Gasteiger partial charge in [-0.3, -0.25) is 9.59 Å². The van der Waals surface area contributed by atoms with Gasteiger partial charge in [-0.25, -0.2) is 0 Å². The lowest BCUT2D eigenvalue weighted by atomic mass is 10.0. The number of hydrogen-bond acceptors (Lipinski definition) is 3. The average Bonchev–Trinajstić information content (AvgIpc) is 1.97. The van der Waals surface area contributed by atoms with Gasteiger partial charge in [-0.05, 0) is 31.7 Å². The average molecular weight is 293 g/mol. The Labute approximate surface area is 104 Å². The van der Waals surface area contributed by atoms with Crippen LogP contribution in [0.3, 0.4) is 0 Å². The van der Waals surface area contributed by atoms with E-state index in [1.54, 1.807) is 20.8 Å². The van der Waals surface area contributed by atoms with Crippen molar-refractivity contribution >= 4 is 27.9 Å². The number of carboxylic acid groups (broad SMARTS) is 1. The number of carbonyl (C=O) groups is 2. The summed E-state index contributed by atoms with van der Waals surface area (Å²) < 4.78 is 5.61. The minimum absolute atomic E-state index is 0.142. The van der Waals surface area contributed by atoms with Crippen molar-refractivity contribution in [3.8, 4) is 0 Å². The Morgan fingerprint density at radius 3 is 2.19 bits per heavy atom. The SMILES string of the molecule is C=C(Br)CC(CC(=O)OC(C)(C)C)C(=O)O. The zero-order chi connectivity index (χ0) is 12.9. The Hall–Kier alpha value is -0.840. The fourth-order valence-corrected chi connectivity index (χ4v) is 1.49. The van der Waals surface area contributed by atoms with Crippen LogP contribution in [0.2, 0.25) is 0 Å². The fraction of sp³-hybridized carbons (Fsp3) is 0.636. The molecule has 0 aliphatic carbocycles. The number of allylic oxidation sites excluding steroid dienone is 1. The third-order valence-electron chi connectivity index (χ3n) is 1.65. The van der Waals surface area contributed by atoms with Gasteiger partial charge in [0.05, 0.1) is 12.3 Å². The number of rotatable bonds is 5. The van der Waals surface area contributed by atoms with Crippen LogP contribution in [0.25, 0.3) is 0 Å². The number of hydrogen-bond donors (Lipinski definition) is 1. The van der Waals surface area contributed by atoms with E-state index in [-0.39, 0.29) is 12.8 Å². The second-order valence-corrected chi connectivity index (χ2v) is 5.67. The monoisotopic (exact) mass is 292 g/mol. The number of esters is 1. The highest BCUT2D eigenvalue weighted by molar-refractivity contribution is 9.11. The van der Waals surface area contributed by atoms with Gasteiger partial charge in [0.2, 0.25) is 0 Å². The van der Waals surface area contributed by atoms with Gasteiger partial charge in [0, 0.05) is 0 Å². The van der Waals surface area contributed by atoms with Crippen molar-refractivity contribution in [1.29, 1.82) is 0 Å². The van der Waals surface area contributed by atoms with Crippen molar-refractivity contribution in [2.75, 3.05) is 0 Å². The molecule has 0 aromatic heterocycles. The van der Waals surface area contributed by atoms with Gasteiger partial charge in [0.1, 0.15) is 5.60 Å². The predicted octanol–water partition coefficient (Wildman–Crippen LogP) is 2.72. The normalized spacial score (nSPS) is 13.0. The molecule has 0 radical (unpaired) electrons. The summed E-state index contributed by atoms with van der Waals surface area (Å²) >= 11 is 3.08. The molecule has 0 heterocycles. The molecule has 16 heavy (non-hydrogen) atoms. The molecule has 0 aromatic rings. The first kappa shape index (κ1) is 15.2. The zero-order valence-corrected chi connectivity index (χ0v) is 11.3. The fourth-order valence-electron chi connectivity index (χ4n) is 1.10. The molecule has 0 saturated carbocycles. The first-order chi connectivity index (χ1) is 7.11. The molecule has 0 spiro atoms. The van der Waals surface area contributed by atoms with Crippen molar-refractivity contribution in [2.45, 2.75) is 39.2 Å². The molecule has 0 fully saturated rings. The second kappa shape index (κ2) is 6.03. The van der Waals surface area contributed by atoms with Gasteiger partial charge in [0.25, 0.3) is 0 Å². The van der Waals surface area contributed by atoms with Gasteiger partial charge < -0.3 is 9.84 Å². The van der Waals surface area contributed by atoms with E-state index in [1.165, 1.54) is 0 Å². The Morgan fingerprint density at radius 2 is 1.88 bits per heavy atom. The highest BCUT2D eigenvalue weighted by atomic mass is 79.9. The van der Waals surface area contributed by atoms with Crippen LogP contribution in [0, 0.1) is 5.92 Å². The summed E-state index contributed by atoms with van der Waals surface area (Å²) in [6, 6.07) is 0. The molecule has 0 rings (SSSR count). The summed E-state index contributed by atoms with van der Waals surface area (Å²) in [4.78, 5) is 22.3. The first-order valence-corrected chi connectivity index (χ1v) is 5.69. The summed E-state index contributed by atoms with van der Waals surface area (Å²) in [6.07, 6.45) is 0.0752. The maximum atomic E-state index is 11.4. The van der Waals surface area contributed by atoms with E-state index in [2.05, 4.69) is 22.5 Å². The Bertz CT molecular complexity index is 291. The molecule has 0 amide bonds. The Balaban J connectivity index is 4.35. The van der Waals surface area contributed by atoms with E-state index in [4.69, 9.17) is 9.84 Å². The summed E-state index contributed by atoms with van der Waals surface area (Å²) in [5.41, 5.74) is -0.592. The van der Waals surface area contributed by atoms with Gasteiger partial charge in [0.15, 0.2) is 0 Å². The molecule has 0 bridgehead atoms. The highest BCUT2D eigenvalue weighted by Gasteiger charge is 2.25. The maximum Gasteiger partial charge on any atom is 0.307 e. The standard InChI is InChI=1S/C11H17BrO4/c1-7(12)5-8(10(14)15)6-9(13)16-11(2,3)4/h8H,1,5-6H2,2-4H3,(H,14,15). The van der Waals surface area contributed by atoms with Crippen LogP contribution in [0.1, 0.15) is 33.6 Å². The van der Waals surface area contributed by atoms with Crippen molar-refractivity contribution in [3.05, 3.63) is 11.1 Å². The molecule has 92 valence electrons. The lowest BCUT2D eigenvalue weighted by Crippen LogP contribution is -2.27. The van der Waals surface area contributed by atoms with Crippen LogP contribution in [0.15, 0.2) is 11.1 Å². The molecule has 5 heteroatoms. The zero-order valence-electron chi connectivity index (χ0n) is 9.75. The number of aliphatic carboxylic acids is 1. The number of ether oxygens (including phenoxy) is 1. The lowest BCUT2D eigenvalue weighted by Gasteiger charge is -2.20. The van der Waals surface area contributed by atoms with Gasteiger partial charge in [-0.1, -0.05) is 22.5 Å². The van der Waals surface area contributed by atoms with Crippen LogP contribution in [-0.2, 0) is 14.3 Å². The Kier molecular flexibility index (Phi) is 5.72. The number of carboxylic acids is 1. The van der Waals surface area contributed by atoms with E-state index in [1.807, 2.05) is 0 Å². The van der Waals surface area contributed by atoms with Crippen LogP contribution < -0.4 is 0 Å². The van der Waals surface area contributed by atoms with Crippen molar-refractivity contribution in [3.63, 3.8) is 0 Å². The van der Waals surface area contributed by atoms with Crippen LogP contribution in [-0.4, -0.2) is 22.6 Å². The molecule has 4 nitrogen and oxygen atoms in total. The number of halogens is 1. The molecular weight excluding hydrogens is 276 g/mol. The largest absolute Gasteiger partial charge is 0.481 e. The minimum atomic E-state index is -1.02. The quantitative estimate of drug-likeness (QED) is 0.792. The molecule has 0 aliphatic rings. The third kappa shape index (κ3) is 7.45. The van der Waals surface area contributed by atoms with Gasteiger partial charge in [-0.2, -0.15) is 0 Å². The highest BCUT2D eigenvalue weighted by Crippen LogP contribution is 2.20. The molecule has 1 N–H and O–H groups in total. The maximum absolute atomic E-state index is 11.4. The van der Waals surface area contributed by atoms with E-state index >= 15 is 0 Å². The molecular formula is C11H17BrO4. The van der Waals surface area contributed by atoms with Gasteiger partial charge >= 0.3 is 11.9 Å². The molecule has 1 atom stereocenters. The summed E-state index contributed by atoms with van der Waals surface area (Å²) in [5, 5.41) is 8.90. The van der Waals surface area contributed by atoms with Crippen LogP contribution in [0.4, 0.5) is 0 Å². The first-order valence-electron chi connectivity index (χ1n) is 4.89. The van der Waals surface area contributed by atoms with Gasteiger partial charge in [-0.15, -0.1) is 0 Å². The van der Waals surface area contributed by atoms with E-state index in [9.17, 15) is 9.59 Å². The second-order valence-electron chi connectivity index (χ2n) is 4.55. The minimum Gasteiger partial charge on any atom is -0.481 e. The summed E-state index contributed by atoms with van der Waals surface area (Å²) in [5.74, 6) is -2.32. The van der Waals surface area contributed by atoms with Crippen molar-refractivity contribution < 1.29 is 19.4 Å². The van der Waals surface area contributed by atoms with Crippen molar-refractivity contribution in [2.24, 2.45) is 5.92 Å². The van der Waals surface area contributed by atoms with Crippen molar-refractivity contribution in [1.82, 2.24) is 0 Å². The lowest BCUT2D eigenvalue weighted by molar-refractivity contribution is -0.159. The summed E-state index contributed by atoms with van der Waals surface area (Å²) in [6.45, 7) is 8.78. The molecule has 0 aliphatic heterocycles. The predicted molar refractivity (Wildman–Crippen MR) is 64.3 cm³/mol. The van der Waals surface area contributed by atoms with E-state index < -0.39 is 23.5 Å². The van der Waals surface area contributed by atoms with E-state index in [0.717, 1.165) is 0 Å². The van der Waals surface area contributed by atoms with E-state index in [0.29, 0.717) is 4.48 Å². The third-order valence-corrected chi connectivity index (χ3v) is 1.97. The number of carbonyl (C=O) groups excluding carboxylic acids is 1. The molecule has 0 aromatic carbocycles. The Morgan fingerprint density at radius 1 is 1.38 bits per heavy atom. The summed E-state index contributed by atoms with van der Waals surface area (Å²) in [7, 11) is 0. The van der Waals surface area contributed by atoms with Crippen LogP contribution >= 0.6 is 15.9 Å². The smallest absolute Gasteiger partial charge is 0.307 e. The molecule has 0 saturated heterocycles.